The molecule has 1 aliphatic rings. The largest absolute Gasteiger partial charge is 0.394 e. The summed E-state index contributed by atoms with van der Waals surface area (Å²) >= 11 is 0. The summed E-state index contributed by atoms with van der Waals surface area (Å²) in [5.41, 5.74) is 0. The topological polar surface area (TPSA) is 103 Å². The Balaban J connectivity index is 2.26. The quantitative estimate of drug-likeness (QED) is 0.344. The van der Waals surface area contributed by atoms with E-state index < -0.39 is 31.5 Å². The number of aliphatic hydroxyl groups is 4. The van der Waals surface area contributed by atoms with Crippen molar-refractivity contribution in [3.8, 4) is 0 Å². The van der Waals surface area contributed by atoms with Gasteiger partial charge in [0.2, 0.25) is 0 Å². The van der Waals surface area contributed by atoms with E-state index in [2.05, 4.69) is 0 Å². The second-order valence-corrected chi connectivity index (χ2v) is 3.25. The smallest absolute Gasteiger partial charge is 0.110 e. The van der Waals surface area contributed by atoms with Crippen molar-refractivity contribution in [2.75, 3.05) is 26.4 Å². The summed E-state index contributed by atoms with van der Waals surface area (Å²) in [4.78, 5) is 0. The standard InChI is InChI=1S/C8H16O6/c9-1-6(11)8(12)7(2-10)14-4-5-3-13-5/h5-12H,1-4H2/t5?,6-,7-,8?/m0/s1. The van der Waals surface area contributed by atoms with E-state index in [0.717, 1.165) is 0 Å². The lowest BCUT2D eigenvalue weighted by Crippen LogP contribution is -2.43. The van der Waals surface area contributed by atoms with Gasteiger partial charge >= 0.3 is 0 Å². The molecule has 1 aliphatic heterocycles. The average molecular weight is 208 g/mol. The van der Waals surface area contributed by atoms with Crippen molar-refractivity contribution in [1.29, 1.82) is 0 Å². The van der Waals surface area contributed by atoms with Crippen molar-refractivity contribution in [1.82, 2.24) is 0 Å². The van der Waals surface area contributed by atoms with Gasteiger partial charge in [0, 0.05) is 0 Å². The van der Waals surface area contributed by atoms with Crippen LogP contribution in [-0.4, -0.2) is 71.3 Å². The summed E-state index contributed by atoms with van der Waals surface area (Å²) in [7, 11) is 0. The van der Waals surface area contributed by atoms with Gasteiger partial charge in [-0.15, -0.1) is 0 Å². The molecule has 0 radical (unpaired) electrons. The highest BCUT2D eigenvalue weighted by Gasteiger charge is 2.29. The minimum absolute atomic E-state index is 0.0301. The van der Waals surface area contributed by atoms with Crippen molar-refractivity contribution in [2.45, 2.75) is 24.4 Å². The molecule has 0 spiro atoms. The molecule has 0 aromatic carbocycles. The zero-order chi connectivity index (χ0) is 10.6. The van der Waals surface area contributed by atoms with Crippen LogP contribution in [0, 0.1) is 0 Å². The van der Waals surface area contributed by atoms with Crippen LogP contribution in [0.5, 0.6) is 0 Å². The van der Waals surface area contributed by atoms with Crippen LogP contribution in [0.4, 0.5) is 0 Å². The van der Waals surface area contributed by atoms with Gasteiger partial charge in [0.1, 0.15) is 24.4 Å². The van der Waals surface area contributed by atoms with Gasteiger partial charge in [-0.25, -0.2) is 0 Å². The predicted molar refractivity (Wildman–Crippen MR) is 45.7 cm³/mol. The van der Waals surface area contributed by atoms with E-state index in [4.69, 9.17) is 24.8 Å². The maximum atomic E-state index is 9.37. The monoisotopic (exact) mass is 208 g/mol. The molecule has 0 aliphatic carbocycles. The Morgan fingerprint density at radius 1 is 1.29 bits per heavy atom. The minimum Gasteiger partial charge on any atom is -0.394 e. The van der Waals surface area contributed by atoms with E-state index in [-0.39, 0.29) is 12.7 Å². The molecule has 0 aromatic heterocycles. The Morgan fingerprint density at radius 2 is 1.93 bits per heavy atom. The van der Waals surface area contributed by atoms with Crippen LogP contribution in [0.15, 0.2) is 0 Å². The van der Waals surface area contributed by atoms with Crippen molar-refractivity contribution in [3.63, 3.8) is 0 Å². The summed E-state index contributed by atoms with van der Waals surface area (Å²) in [5.74, 6) is 0. The van der Waals surface area contributed by atoms with Gasteiger partial charge in [-0.2, -0.15) is 0 Å². The van der Waals surface area contributed by atoms with Crippen LogP contribution in [0.1, 0.15) is 0 Å². The molecular formula is C8H16O6. The number of rotatable bonds is 7. The van der Waals surface area contributed by atoms with Crippen LogP contribution < -0.4 is 0 Å². The second kappa shape index (κ2) is 5.59. The molecule has 1 saturated heterocycles. The number of epoxide rings is 1. The molecule has 4 atom stereocenters. The van der Waals surface area contributed by atoms with Gasteiger partial charge in [-0.3, -0.25) is 0 Å². The third-order valence-corrected chi connectivity index (χ3v) is 2.04. The minimum atomic E-state index is -1.30. The van der Waals surface area contributed by atoms with E-state index in [1.54, 1.807) is 0 Å². The third kappa shape index (κ3) is 3.49. The Morgan fingerprint density at radius 3 is 2.36 bits per heavy atom. The van der Waals surface area contributed by atoms with E-state index in [0.29, 0.717) is 6.61 Å². The zero-order valence-electron chi connectivity index (χ0n) is 7.74. The van der Waals surface area contributed by atoms with E-state index in [1.165, 1.54) is 0 Å². The first-order chi connectivity index (χ1) is 6.69. The van der Waals surface area contributed by atoms with Crippen LogP contribution in [0.2, 0.25) is 0 Å². The molecule has 4 N–H and O–H groups in total. The van der Waals surface area contributed by atoms with Crippen LogP contribution in [-0.2, 0) is 9.47 Å². The molecule has 14 heavy (non-hydrogen) atoms. The van der Waals surface area contributed by atoms with Crippen molar-refractivity contribution < 1.29 is 29.9 Å². The van der Waals surface area contributed by atoms with Crippen molar-refractivity contribution in [3.05, 3.63) is 0 Å². The SMILES string of the molecule is OC[C@H](OCC1CO1)C(O)[C@@H](O)CO. The zero-order valence-corrected chi connectivity index (χ0v) is 7.74. The van der Waals surface area contributed by atoms with E-state index in [9.17, 15) is 5.11 Å². The first-order valence-corrected chi connectivity index (χ1v) is 4.50. The fraction of sp³-hybridized carbons (Fsp3) is 1.00. The van der Waals surface area contributed by atoms with E-state index in [1.807, 2.05) is 0 Å². The van der Waals surface area contributed by atoms with Crippen LogP contribution in [0.3, 0.4) is 0 Å². The van der Waals surface area contributed by atoms with Crippen LogP contribution in [0.25, 0.3) is 0 Å². The lowest BCUT2D eigenvalue weighted by Gasteiger charge is -2.24. The average Bonchev–Trinajstić information content (AvgIpc) is 3.01. The number of hydrogen-bond acceptors (Lipinski definition) is 6. The molecule has 0 saturated carbocycles. The van der Waals surface area contributed by atoms with Crippen LogP contribution >= 0.6 is 0 Å². The fourth-order valence-electron chi connectivity index (χ4n) is 1.01. The molecule has 6 heteroatoms. The number of aliphatic hydroxyl groups excluding tert-OH is 4. The highest BCUT2D eigenvalue weighted by atomic mass is 16.6. The molecule has 1 heterocycles. The van der Waals surface area contributed by atoms with Gasteiger partial charge < -0.3 is 29.9 Å². The first-order valence-electron chi connectivity index (χ1n) is 4.50. The predicted octanol–water partition coefficient (Wildman–Crippen LogP) is -2.52. The number of hydrogen-bond donors (Lipinski definition) is 4. The maximum Gasteiger partial charge on any atom is 0.110 e. The fourth-order valence-corrected chi connectivity index (χ4v) is 1.01. The Labute approximate surface area is 81.7 Å². The second-order valence-electron chi connectivity index (χ2n) is 3.25. The lowest BCUT2D eigenvalue weighted by molar-refractivity contribution is -0.118. The van der Waals surface area contributed by atoms with Gasteiger partial charge in [0.25, 0.3) is 0 Å². The molecule has 0 aromatic rings. The lowest BCUT2D eigenvalue weighted by atomic mass is 10.1. The van der Waals surface area contributed by atoms with E-state index >= 15 is 0 Å². The van der Waals surface area contributed by atoms with Gasteiger partial charge in [-0.05, 0) is 0 Å². The Hall–Kier alpha value is -0.240. The summed E-state index contributed by atoms with van der Waals surface area (Å²) in [6.07, 6.45) is -3.44. The molecule has 2 unspecified atom stereocenters. The summed E-state index contributed by atoms with van der Waals surface area (Å²) in [6.45, 7) is -0.0802. The summed E-state index contributed by atoms with van der Waals surface area (Å²) < 4.78 is 9.97. The normalized spacial score (nSPS) is 27.0. The van der Waals surface area contributed by atoms with Crippen molar-refractivity contribution in [2.24, 2.45) is 0 Å². The Kier molecular flexibility index (Phi) is 4.73. The number of ether oxygens (including phenoxy) is 2. The van der Waals surface area contributed by atoms with Gasteiger partial charge in [0.05, 0.1) is 26.4 Å². The van der Waals surface area contributed by atoms with Gasteiger partial charge in [-0.1, -0.05) is 0 Å². The highest BCUT2D eigenvalue weighted by molar-refractivity contribution is 4.77. The molecular weight excluding hydrogens is 192 g/mol. The summed E-state index contributed by atoms with van der Waals surface area (Å²) in [5, 5.41) is 35.9. The Bertz CT molecular complexity index is 160. The molecule has 0 bridgehead atoms. The molecule has 84 valence electrons. The summed E-state index contributed by atoms with van der Waals surface area (Å²) in [6, 6.07) is 0. The molecule has 0 amide bonds. The highest BCUT2D eigenvalue weighted by Crippen LogP contribution is 2.12. The van der Waals surface area contributed by atoms with Crippen molar-refractivity contribution >= 4 is 0 Å². The van der Waals surface area contributed by atoms with Gasteiger partial charge in [0.15, 0.2) is 0 Å². The molecule has 1 rings (SSSR count). The molecule has 6 nitrogen and oxygen atoms in total. The first kappa shape index (κ1) is 11.8. The maximum absolute atomic E-state index is 9.37. The third-order valence-electron chi connectivity index (χ3n) is 2.04. The molecule has 1 fully saturated rings.